The van der Waals surface area contributed by atoms with Crippen LogP contribution in [-0.4, -0.2) is 13.1 Å². The molecule has 20 heavy (non-hydrogen) atoms. The Hall–Kier alpha value is -1.82. The van der Waals surface area contributed by atoms with Gasteiger partial charge in [-0.05, 0) is 48.6 Å². The standard InChI is InChI=1S/C17H19NO2/c1-20-16(19)17(11-18)10-4-7-15(17)14-9-8-12-5-2-3-6-13(12)14/h2-3,5-6,14-15H,4,7-10H2,1H3/t14-,15-,17?/m1/s1. The zero-order valence-electron chi connectivity index (χ0n) is 11.8. The predicted octanol–water partition coefficient (Wildman–Crippen LogP) is 3.20. The SMILES string of the molecule is COC(=O)C1(C#N)CCC[C@@H]1[C@@H]1CCc2ccccc21. The molecule has 1 aromatic carbocycles. The molecule has 0 bridgehead atoms. The van der Waals surface area contributed by atoms with Crippen molar-refractivity contribution in [3.8, 4) is 6.07 Å². The van der Waals surface area contributed by atoms with Crippen molar-refractivity contribution < 1.29 is 9.53 Å². The van der Waals surface area contributed by atoms with E-state index >= 15 is 0 Å². The first-order chi connectivity index (χ1) is 9.73. The first-order valence-electron chi connectivity index (χ1n) is 7.30. The molecule has 1 saturated carbocycles. The first-order valence-corrected chi connectivity index (χ1v) is 7.30. The van der Waals surface area contributed by atoms with Crippen molar-refractivity contribution in [2.24, 2.45) is 11.3 Å². The van der Waals surface area contributed by atoms with Crippen LogP contribution in [-0.2, 0) is 16.0 Å². The summed E-state index contributed by atoms with van der Waals surface area (Å²) in [5.41, 5.74) is 1.78. The highest BCUT2D eigenvalue weighted by atomic mass is 16.5. The number of methoxy groups -OCH3 is 1. The summed E-state index contributed by atoms with van der Waals surface area (Å²) in [7, 11) is 1.39. The van der Waals surface area contributed by atoms with Crippen molar-refractivity contribution in [3.05, 3.63) is 35.4 Å². The van der Waals surface area contributed by atoms with Crippen molar-refractivity contribution in [1.82, 2.24) is 0 Å². The third-order valence-electron chi connectivity index (χ3n) is 5.13. The van der Waals surface area contributed by atoms with Crippen LogP contribution >= 0.6 is 0 Å². The van der Waals surface area contributed by atoms with E-state index in [2.05, 4.69) is 30.3 Å². The second-order valence-corrected chi connectivity index (χ2v) is 5.92. The van der Waals surface area contributed by atoms with Crippen LogP contribution in [0.5, 0.6) is 0 Å². The number of nitriles is 1. The minimum absolute atomic E-state index is 0.101. The average molecular weight is 269 g/mol. The Bertz CT molecular complexity index is 575. The molecule has 1 aromatic rings. The molecule has 3 nitrogen and oxygen atoms in total. The van der Waals surface area contributed by atoms with Crippen LogP contribution in [0.3, 0.4) is 0 Å². The molecule has 2 aliphatic rings. The van der Waals surface area contributed by atoms with Crippen LogP contribution in [0.2, 0.25) is 0 Å². The maximum Gasteiger partial charge on any atom is 0.326 e. The molecule has 0 heterocycles. The monoisotopic (exact) mass is 269 g/mol. The van der Waals surface area contributed by atoms with Crippen molar-refractivity contribution in [3.63, 3.8) is 0 Å². The molecule has 0 saturated heterocycles. The maximum atomic E-state index is 12.2. The highest BCUT2D eigenvalue weighted by Gasteiger charge is 2.54. The molecule has 3 heteroatoms. The summed E-state index contributed by atoms with van der Waals surface area (Å²) in [6.45, 7) is 0. The van der Waals surface area contributed by atoms with Gasteiger partial charge in [0.2, 0.25) is 0 Å². The van der Waals surface area contributed by atoms with Crippen LogP contribution in [0.15, 0.2) is 24.3 Å². The lowest BCUT2D eigenvalue weighted by Crippen LogP contribution is -2.37. The average Bonchev–Trinajstić information content (AvgIpc) is 3.10. The number of aryl methyl sites for hydroxylation is 1. The van der Waals surface area contributed by atoms with E-state index in [4.69, 9.17) is 4.74 Å². The lowest BCUT2D eigenvalue weighted by Gasteiger charge is -2.31. The minimum atomic E-state index is -0.934. The fourth-order valence-corrected chi connectivity index (χ4v) is 4.21. The molecule has 0 spiro atoms. The summed E-state index contributed by atoms with van der Waals surface area (Å²) in [5, 5.41) is 9.65. The Morgan fingerprint density at radius 1 is 1.40 bits per heavy atom. The highest BCUT2D eigenvalue weighted by Crippen LogP contribution is 2.54. The van der Waals surface area contributed by atoms with Crippen LogP contribution in [0.1, 0.15) is 42.7 Å². The number of rotatable bonds is 2. The number of carbonyl (C=O) groups excluding carboxylic acids is 1. The van der Waals surface area contributed by atoms with Crippen molar-refractivity contribution >= 4 is 5.97 Å². The predicted molar refractivity (Wildman–Crippen MR) is 74.9 cm³/mol. The smallest absolute Gasteiger partial charge is 0.326 e. The van der Waals surface area contributed by atoms with Gasteiger partial charge in [-0.1, -0.05) is 30.7 Å². The van der Waals surface area contributed by atoms with E-state index in [0.717, 1.165) is 25.7 Å². The van der Waals surface area contributed by atoms with E-state index in [1.165, 1.54) is 18.2 Å². The number of hydrogen-bond donors (Lipinski definition) is 0. The first kappa shape index (κ1) is 13.2. The number of carbonyl (C=O) groups is 1. The molecule has 1 fully saturated rings. The molecule has 0 amide bonds. The van der Waals surface area contributed by atoms with Gasteiger partial charge in [-0.15, -0.1) is 0 Å². The van der Waals surface area contributed by atoms with Gasteiger partial charge in [-0.3, -0.25) is 4.79 Å². The maximum absolute atomic E-state index is 12.2. The third-order valence-corrected chi connectivity index (χ3v) is 5.13. The number of esters is 1. The van der Waals surface area contributed by atoms with E-state index in [-0.39, 0.29) is 11.9 Å². The van der Waals surface area contributed by atoms with Crippen molar-refractivity contribution in [2.45, 2.75) is 38.0 Å². The fourth-order valence-electron chi connectivity index (χ4n) is 4.21. The Kier molecular flexibility index (Phi) is 3.25. The molecule has 104 valence electrons. The second kappa shape index (κ2) is 4.94. The summed E-state index contributed by atoms with van der Waals surface area (Å²) in [4.78, 5) is 12.2. The number of benzene rings is 1. The Balaban J connectivity index is 1.98. The van der Waals surface area contributed by atoms with Gasteiger partial charge in [0.25, 0.3) is 0 Å². The number of fused-ring (bicyclic) bond motifs is 1. The summed E-state index contributed by atoms with van der Waals surface area (Å²) in [6.07, 6.45) is 4.62. The quantitative estimate of drug-likeness (QED) is 0.775. The Morgan fingerprint density at radius 3 is 2.95 bits per heavy atom. The molecular weight excluding hydrogens is 250 g/mol. The summed E-state index contributed by atoms with van der Waals surface area (Å²) in [5.74, 6) is 0.0860. The summed E-state index contributed by atoms with van der Waals surface area (Å²) < 4.78 is 4.94. The fraction of sp³-hybridized carbons (Fsp3) is 0.529. The van der Waals surface area contributed by atoms with Gasteiger partial charge in [0.15, 0.2) is 5.41 Å². The summed E-state index contributed by atoms with van der Waals surface area (Å²) in [6, 6.07) is 10.7. The van der Waals surface area contributed by atoms with E-state index in [0.29, 0.717) is 12.3 Å². The van der Waals surface area contributed by atoms with E-state index < -0.39 is 5.41 Å². The van der Waals surface area contributed by atoms with Gasteiger partial charge in [-0.25, -0.2) is 0 Å². The molecule has 3 rings (SSSR count). The molecule has 0 aromatic heterocycles. The topological polar surface area (TPSA) is 50.1 Å². The molecule has 0 aliphatic heterocycles. The van der Waals surface area contributed by atoms with Crippen molar-refractivity contribution in [1.29, 1.82) is 5.26 Å². The van der Waals surface area contributed by atoms with E-state index in [9.17, 15) is 10.1 Å². The van der Waals surface area contributed by atoms with Gasteiger partial charge in [-0.2, -0.15) is 5.26 Å². The van der Waals surface area contributed by atoms with E-state index in [1.54, 1.807) is 0 Å². The van der Waals surface area contributed by atoms with E-state index in [1.807, 2.05) is 0 Å². The van der Waals surface area contributed by atoms with Crippen LogP contribution < -0.4 is 0 Å². The zero-order valence-corrected chi connectivity index (χ0v) is 11.8. The zero-order chi connectivity index (χ0) is 14.2. The molecule has 0 N–H and O–H groups in total. The molecule has 2 aliphatic carbocycles. The lowest BCUT2D eigenvalue weighted by molar-refractivity contribution is -0.151. The van der Waals surface area contributed by atoms with Crippen LogP contribution in [0.4, 0.5) is 0 Å². The largest absolute Gasteiger partial charge is 0.468 e. The Labute approximate surface area is 119 Å². The normalized spacial score (nSPS) is 31.6. The van der Waals surface area contributed by atoms with Gasteiger partial charge < -0.3 is 4.74 Å². The van der Waals surface area contributed by atoms with Crippen molar-refractivity contribution in [2.75, 3.05) is 7.11 Å². The van der Waals surface area contributed by atoms with Gasteiger partial charge >= 0.3 is 5.97 Å². The van der Waals surface area contributed by atoms with Crippen LogP contribution in [0, 0.1) is 22.7 Å². The molecular formula is C17H19NO2. The van der Waals surface area contributed by atoms with Gasteiger partial charge in [0, 0.05) is 0 Å². The Morgan fingerprint density at radius 2 is 2.20 bits per heavy atom. The summed E-state index contributed by atoms with van der Waals surface area (Å²) >= 11 is 0. The molecule has 0 radical (unpaired) electrons. The number of nitrogens with zero attached hydrogens (tertiary/aromatic N) is 1. The highest BCUT2D eigenvalue weighted by molar-refractivity contribution is 5.81. The van der Waals surface area contributed by atoms with Crippen LogP contribution in [0.25, 0.3) is 0 Å². The van der Waals surface area contributed by atoms with Gasteiger partial charge in [0.05, 0.1) is 13.2 Å². The third kappa shape index (κ3) is 1.75. The second-order valence-electron chi connectivity index (χ2n) is 5.92. The number of ether oxygens (including phenoxy) is 1. The minimum Gasteiger partial charge on any atom is -0.468 e. The molecule has 3 atom stereocenters. The van der Waals surface area contributed by atoms with Gasteiger partial charge in [0.1, 0.15) is 0 Å². The molecule has 1 unspecified atom stereocenters. The lowest BCUT2D eigenvalue weighted by atomic mass is 9.70. The number of hydrogen-bond acceptors (Lipinski definition) is 3.